The van der Waals surface area contributed by atoms with Crippen LogP contribution < -0.4 is 10.6 Å². The standard InChI is InChI=1S/C10H13N3O/c1-6-3-8-10(11-5-6)12-7(2)4-9(14)13-8/h3,5,7H,4H2,1-2H3,(H,11,12)(H,13,14). The summed E-state index contributed by atoms with van der Waals surface area (Å²) in [5.41, 5.74) is 1.82. The van der Waals surface area contributed by atoms with Crippen LogP contribution in [0, 0.1) is 6.92 Å². The third-order valence-corrected chi connectivity index (χ3v) is 2.17. The second kappa shape index (κ2) is 3.29. The third-order valence-electron chi connectivity index (χ3n) is 2.17. The van der Waals surface area contributed by atoms with Gasteiger partial charge in [-0.25, -0.2) is 4.98 Å². The van der Waals surface area contributed by atoms with E-state index in [0.717, 1.165) is 17.1 Å². The largest absolute Gasteiger partial charge is 0.365 e. The van der Waals surface area contributed by atoms with Gasteiger partial charge >= 0.3 is 0 Å². The first-order valence-corrected chi connectivity index (χ1v) is 4.68. The van der Waals surface area contributed by atoms with Crippen molar-refractivity contribution in [1.29, 1.82) is 0 Å². The molecule has 1 unspecified atom stereocenters. The zero-order valence-corrected chi connectivity index (χ0v) is 8.29. The number of carbonyl (C=O) groups excluding carboxylic acids is 1. The highest BCUT2D eigenvalue weighted by Crippen LogP contribution is 2.24. The fourth-order valence-corrected chi connectivity index (χ4v) is 1.54. The SMILES string of the molecule is Cc1cnc2c(c1)NC(=O)CC(C)N2. The molecule has 4 heteroatoms. The summed E-state index contributed by atoms with van der Waals surface area (Å²) in [6.07, 6.45) is 2.27. The van der Waals surface area contributed by atoms with E-state index >= 15 is 0 Å². The van der Waals surface area contributed by atoms with E-state index in [4.69, 9.17) is 0 Å². The van der Waals surface area contributed by atoms with E-state index in [-0.39, 0.29) is 11.9 Å². The molecule has 1 aliphatic rings. The average molecular weight is 191 g/mol. The van der Waals surface area contributed by atoms with E-state index in [2.05, 4.69) is 15.6 Å². The smallest absolute Gasteiger partial charge is 0.226 e. The molecule has 0 bridgehead atoms. The lowest BCUT2D eigenvalue weighted by Crippen LogP contribution is -2.19. The van der Waals surface area contributed by atoms with Crippen molar-refractivity contribution >= 4 is 17.4 Å². The van der Waals surface area contributed by atoms with Crippen molar-refractivity contribution in [2.45, 2.75) is 26.3 Å². The molecule has 1 aromatic rings. The van der Waals surface area contributed by atoms with Gasteiger partial charge in [0.05, 0.1) is 5.69 Å². The van der Waals surface area contributed by atoms with Crippen LogP contribution in [0.25, 0.3) is 0 Å². The lowest BCUT2D eigenvalue weighted by molar-refractivity contribution is -0.116. The Morgan fingerprint density at radius 1 is 1.57 bits per heavy atom. The Labute approximate surface area is 82.7 Å². The van der Waals surface area contributed by atoms with Crippen molar-refractivity contribution < 1.29 is 4.79 Å². The van der Waals surface area contributed by atoms with Crippen molar-refractivity contribution in [3.05, 3.63) is 17.8 Å². The third kappa shape index (κ3) is 1.69. The maximum atomic E-state index is 11.4. The maximum absolute atomic E-state index is 11.4. The highest BCUT2D eigenvalue weighted by atomic mass is 16.1. The Hall–Kier alpha value is -1.58. The molecule has 0 radical (unpaired) electrons. The van der Waals surface area contributed by atoms with Crippen molar-refractivity contribution in [3.63, 3.8) is 0 Å². The molecule has 2 rings (SSSR count). The van der Waals surface area contributed by atoms with Crippen LogP contribution in [0.3, 0.4) is 0 Å². The van der Waals surface area contributed by atoms with E-state index in [9.17, 15) is 4.79 Å². The summed E-state index contributed by atoms with van der Waals surface area (Å²) in [6.45, 7) is 3.92. The van der Waals surface area contributed by atoms with Crippen LogP contribution in [0.1, 0.15) is 18.9 Å². The van der Waals surface area contributed by atoms with Gasteiger partial charge in [-0.2, -0.15) is 0 Å². The molecule has 0 spiro atoms. The van der Waals surface area contributed by atoms with Crippen LogP contribution in [0.4, 0.5) is 11.5 Å². The topological polar surface area (TPSA) is 54.0 Å². The van der Waals surface area contributed by atoms with E-state index in [1.165, 1.54) is 0 Å². The van der Waals surface area contributed by atoms with Crippen LogP contribution >= 0.6 is 0 Å². The average Bonchev–Trinajstić information content (AvgIpc) is 2.21. The summed E-state index contributed by atoms with van der Waals surface area (Å²) in [7, 11) is 0. The molecule has 0 saturated carbocycles. The van der Waals surface area contributed by atoms with Crippen molar-refractivity contribution in [3.8, 4) is 0 Å². The number of hydrogen-bond donors (Lipinski definition) is 2. The van der Waals surface area contributed by atoms with Gasteiger partial charge in [-0.15, -0.1) is 0 Å². The van der Waals surface area contributed by atoms with Crippen LogP contribution in [0.15, 0.2) is 12.3 Å². The summed E-state index contributed by atoms with van der Waals surface area (Å²) in [5, 5.41) is 6.02. The molecule has 0 aliphatic carbocycles. The van der Waals surface area contributed by atoms with Crippen molar-refractivity contribution in [2.75, 3.05) is 10.6 Å². The molecule has 14 heavy (non-hydrogen) atoms. The van der Waals surface area contributed by atoms with Gasteiger partial charge in [-0.05, 0) is 25.5 Å². The molecule has 0 fully saturated rings. The number of carbonyl (C=O) groups is 1. The van der Waals surface area contributed by atoms with Gasteiger partial charge < -0.3 is 10.6 Å². The molecule has 74 valence electrons. The van der Waals surface area contributed by atoms with Gasteiger partial charge in [-0.1, -0.05) is 0 Å². The predicted molar refractivity (Wildman–Crippen MR) is 55.3 cm³/mol. The number of hydrogen-bond acceptors (Lipinski definition) is 3. The number of aromatic nitrogens is 1. The number of rotatable bonds is 0. The number of anilines is 2. The summed E-state index contributed by atoms with van der Waals surface area (Å²) >= 11 is 0. The molecule has 1 aromatic heterocycles. The highest BCUT2D eigenvalue weighted by molar-refractivity contribution is 5.95. The lowest BCUT2D eigenvalue weighted by atomic mass is 10.2. The van der Waals surface area contributed by atoms with E-state index in [1.807, 2.05) is 19.9 Å². The van der Waals surface area contributed by atoms with Gasteiger partial charge in [0.25, 0.3) is 0 Å². The zero-order chi connectivity index (χ0) is 10.1. The molecular weight excluding hydrogens is 178 g/mol. The summed E-state index contributed by atoms with van der Waals surface area (Å²) in [6, 6.07) is 2.05. The fraction of sp³-hybridized carbons (Fsp3) is 0.400. The number of nitrogens with zero attached hydrogens (tertiary/aromatic N) is 1. The molecule has 4 nitrogen and oxygen atoms in total. The minimum absolute atomic E-state index is 0.0381. The monoisotopic (exact) mass is 191 g/mol. The molecule has 1 aliphatic heterocycles. The zero-order valence-electron chi connectivity index (χ0n) is 8.29. The molecule has 1 atom stereocenters. The van der Waals surface area contributed by atoms with Crippen molar-refractivity contribution in [1.82, 2.24) is 4.98 Å². The maximum Gasteiger partial charge on any atom is 0.226 e. The van der Waals surface area contributed by atoms with Gasteiger partial charge in [0, 0.05) is 18.7 Å². The quantitative estimate of drug-likeness (QED) is 0.654. The number of amides is 1. The molecular formula is C10H13N3O. The Balaban J connectivity index is 2.41. The Morgan fingerprint density at radius 2 is 2.36 bits per heavy atom. The van der Waals surface area contributed by atoms with E-state index in [1.54, 1.807) is 6.20 Å². The van der Waals surface area contributed by atoms with Gasteiger partial charge in [0.2, 0.25) is 5.91 Å². The lowest BCUT2D eigenvalue weighted by Gasteiger charge is -2.10. The van der Waals surface area contributed by atoms with E-state index in [0.29, 0.717) is 6.42 Å². The summed E-state index contributed by atoms with van der Waals surface area (Å²) in [4.78, 5) is 15.6. The minimum Gasteiger partial charge on any atom is -0.365 e. The fourth-order valence-electron chi connectivity index (χ4n) is 1.54. The molecule has 2 N–H and O–H groups in total. The Kier molecular flexibility index (Phi) is 2.11. The first-order chi connectivity index (χ1) is 6.65. The summed E-state index contributed by atoms with van der Waals surface area (Å²) < 4.78 is 0. The van der Waals surface area contributed by atoms with Crippen LogP contribution in [-0.4, -0.2) is 16.9 Å². The predicted octanol–water partition coefficient (Wildman–Crippen LogP) is 1.53. The van der Waals surface area contributed by atoms with Gasteiger partial charge in [0.1, 0.15) is 5.82 Å². The van der Waals surface area contributed by atoms with E-state index < -0.39 is 0 Å². The molecule has 0 saturated heterocycles. The van der Waals surface area contributed by atoms with Gasteiger partial charge in [-0.3, -0.25) is 4.79 Å². The first kappa shape index (κ1) is 8.99. The second-order valence-corrected chi connectivity index (χ2v) is 3.71. The minimum atomic E-state index is 0.0381. The Morgan fingerprint density at radius 3 is 3.14 bits per heavy atom. The number of pyridine rings is 1. The highest BCUT2D eigenvalue weighted by Gasteiger charge is 2.17. The molecule has 1 amide bonds. The Bertz CT molecular complexity index is 376. The number of fused-ring (bicyclic) bond motifs is 1. The van der Waals surface area contributed by atoms with Gasteiger partial charge in [0.15, 0.2) is 0 Å². The number of nitrogens with one attached hydrogen (secondary N) is 2. The first-order valence-electron chi connectivity index (χ1n) is 4.68. The second-order valence-electron chi connectivity index (χ2n) is 3.71. The van der Waals surface area contributed by atoms with Crippen LogP contribution in [0.2, 0.25) is 0 Å². The van der Waals surface area contributed by atoms with Crippen LogP contribution in [0.5, 0.6) is 0 Å². The number of aryl methyl sites for hydroxylation is 1. The molecule has 0 aromatic carbocycles. The summed E-state index contributed by atoms with van der Waals surface area (Å²) in [5.74, 6) is 0.796. The normalized spacial score (nSPS) is 20.4. The molecule has 2 heterocycles. The van der Waals surface area contributed by atoms with Crippen LogP contribution in [-0.2, 0) is 4.79 Å². The van der Waals surface area contributed by atoms with Crippen molar-refractivity contribution in [2.24, 2.45) is 0 Å².